The summed E-state index contributed by atoms with van der Waals surface area (Å²) in [5, 5.41) is 15.5. The Kier molecular flexibility index (Phi) is 4.41. The van der Waals surface area contributed by atoms with Crippen molar-refractivity contribution in [3.63, 3.8) is 0 Å². The van der Waals surface area contributed by atoms with Gasteiger partial charge in [0, 0.05) is 23.5 Å². The van der Waals surface area contributed by atoms with Crippen molar-refractivity contribution in [2.45, 2.75) is 38.6 Å². The molecule has 23 heavy (non-hydrogen) atoms. The van der Waals surface area contributed by atoms with Gasteiger partial charge in [-0.05, 0) is 44.0 Å². The Morgan fingerprint density at radius 3 is 2.52 bits per heavy atom. The quantitative estimate of drug-likeness (QED) is 0.782. The fourth-order valence-electron chi connectivity index (χ4n) is 2.79. The molecule has 1 heterocycles. The second kappa shape index (κ2) is 6.64. The van der Waals surface area contributed by atoms with Crippen LogP contribution >= 0.6 is 0 Å². The molecule has 1 aromatic heterocycles. The molecule has 2 aromatic rings. The first kappa shape index (κ1) is 15.3. The van der Waals surface area contributed by atoms with Crippen LogP contribution in [0.1, 0.15) is 41.7 Å². The van der Waals surface area contributed by atoms with E-state index in [1.807, 2.05) is 13.0 Å². The van der Waals surface area contributed by atoms with Crippen molar-refractivity contribution in [1.29, 1.82) is 0 Å². The summed E-state index contributed by atoms with van der Waals surface area (Å²) in [6.45, 7) is 1.93. The molecule has 3 rings (SSSR count). The van der Waals surface area contributed by atoms with Crippen LogP contribution in [0.2, 0.25) is 0 Å². The summed E-state index contributed by atoms with van der Waals surface area (Å²) < 4.78 is 0. The molecule has 1 aliphatic rings. The van der Waals surface area contributed by atoms with Gasteiger partial charge >= 0.3 is 5.97 Å². The Morgan fingerprint density at radius 2 is 1.87 bits per heavy atom. The molecule has 1 saturated carbocycles. The molecule has 0 aliphatic heterocycles. The number of carboxylic acids is 1. The summed E-state index contributed by atoms with van der Waals surface area (Å²) in [4.78, 5) is 19.8. The van der Waals surface area contributed by atoms with Crippen LogP contribution in [0.4, 0.5) is 17.5 Å². The lowest BCUT2D eigenvalue weighted by Gasteiger charge is -2.14. The van der Waals surface area contributed by atoms with Crippen LogP contribution in [0.3, 0.4) is 0 Å². The number of aryl methyl sites for hydroxylation is 1. The number of hydrogen-bond acceptors (Lipinski definition) is 5. The highest BCUT2D eigenvalue weighted by Gasteiger charge is 2.16. The molecule has 1 aromatic carbocycles. The maximum absolute atomic E-state index is 10.9. The van der Waals surface area contributed by atoms with Crippen molar-refractivity contribution in [3.05, 3.63) is 41.6 Å². The van der Waals surface area contributed by atoms with Crippen LogP contribution in [0.25, 0.3) is 0 Å². The number of anilines is 3. The van der Waals surface area contributed by atoms with Crippen LogP contribution in [0.15, 0.2) is 30.3 Å². The minimum atomic E-state index is -0.933. The second-order valence-corrected chi connectivity index (χ2v) is 5.85. The molecule has 6 nitrogen and oxygen atoms in total. The molecule has 0 radical (unpaired) electrons. The van der Waals surface area contributed by atoms with Crippen LogP contribution < -0.4 is 10.6 Å². The third kappa shape index (κ3) is 3.97. The lowest BCUT2D eigenvalue weighted by atomic mass is 10.2. The predicted molar refractivity (Wildman–Crippen MR) is 89.3 cm³/mol. The molecule has 0 unspecified atom stereocenters. The van der Waals surface area contributed by atoms with E-state index in [4.69, 9.17) is 5.11 Å². The smallest absolute Gasteiger partial charge is 0.335 e. The Morgan fingerprint density at radius 1 is 1.17 bits per heavy atom. The molecule has 0 saturated heterocycles. The van der Waals surface area contributed by atoms with Crippen molar-refractivity contribution >= 4 is 23.4 Å². The summed E-state index contributed by atoms with van der Waals surface area (Å²) in [5.41, 5.74) is 1.93. The standard InChI is InChI=1S/C17H20N4O2/c1-11-10-15(19-14-8-6-12(7-9-14)16(22)23)21-17(18-11)20-13-4-2-3-5-13/h6-10,13H,2-5H2,1H3,(H,22,23)(H2,18,19,20,21). The normalized spacial score (nSPS) is 14.7. The van der Waals surface area contributed by atoms with Gasteiger partial charge in [0.15, 0.2) is 0 Å². The summed E-state index contributed by atoms with van der Waals surface area (Å²) in [7, 11) is 0. The number of rotatable bonds is 5. The van der Waals surface area contributed by atoms with E-state index in [0.717, 1.165) is 24.2 Å². The largest absolute Gasteiger partial charge is 0.478 e. The van der Waals surface area contributed by atoms with Crippen LogP contribution in [-0.4, -0.2) is 27.1 Å². The molecule has 0 amide bonds. The molecule has 0 atom stereocenters. The second-order valence-electron chi connectivity index (χ2n) is 5.85. The monoisotopic (exact) mass is 312 g/mol. The minimum absolute atomic E-state index is 0.262. The Hall–Kier alpha value is -2.63. The van der Waals surface area contributed by atoms with E-state index in [1.54, 1.807) is 24.3 Å². The Bertz CT molecular complexity index is 694. The SMILES string of the molecule is Cc1cc(Nc2ccc(C(=O)O)cc2)nc(NC2CCCC2)n1. The van der Waals surface area contributed by atoms with Gasteiger partial charge in [-0.3, -0.25) is 0 Å². The van der Waals surface area contributed by atoms with Gasteiger partial charge in [0.05, 0.1) is 5.56 Å². The zero-order chi connectivity index (χ0) is 16.2. The molecule has 6 heteroatoms. The molecule has 1 aliphatic carbocycles. The first-order valence-corrected chi connectivity index (χ1v) is 7.83. The van der Waals surface area contributed by atoms with E-state index in [1.165, 1.54) is 12.8 Å². The highest BCUT2D eigenvalue weighted by molar-refractivity contribution is 5.88. The summed E-state index contributed by atoms with van der Waals surface area (Å²) >= 11 is 0. The molecule has 120 valence electrons. The number of aromatic nitrogens is 2. The zero-order valence-electron chi connectivity index (χ0n) is 13.0. The van der Waals surface area contributed by atoms with Gasteiger partial charge in [0.1, 0.15) is 5.82 Å². The number of nitrogens with zero attached hydrogens (tertiary/aromatic N) is 2. The van der Waals surface area contributed by atoms with Gasteiger partial charge in [-0.1, -0.05) is 12.8 Å². The number of carboxylic acid groups (broad SMARTS) is 1. The number of carbonyl (C=O) groups is 1. The van der Waals surface area contributed by atoms with Crippen molar-refractivity contribution < 1.29 is 9.90 Å². The van der Waals surface area contributed by atoms with Crippen molar-refractivity contribution in [1.82, 2.24) is 9.97 Å². The van der Waals surface area contributed by atoms with Gasteiger partial charge in [0.25, 0.3) is 0 Å². The third-order valence-electron chi connectivity index (χ3n) is 3.95. The maximum Gasteiger partial charge on any atom is 0.335 e. The lowest BCUT2D eigenvalue weighted by molar-refractivity contribution is 0.0697. The molecular formula is C17H20N4O2. The molecule has 0 bridgehead atoms. The van der Waals surface area contributed by atoms with Crippen molar-refractivity contribution in [3.8, 4) is 0 Å². The predicted octanol–water partition coefficient (Wildman–Crippen LogP) is 3.58. The Labute approximate surface area is 135 Å². The van der Waals surface area contributed by atoms with Gasteiger partial charge < -0.3 is 15.7 Å². The topological polar surface area (TPSA) is 87.1 Å². The van der Waals surface area contributed by atoms with Crippen molar-refractivity contribution in [2.24, 2.45) is 0 Å². The van der Waals surface area contributed by atoms with E-state index in [9.17, 15) is 4.79 Å². The van der Waals surface area contributed by atoms with Gasteiger partial charge in [-0.25, -0.2) is 9.78 Å². The fourth-order valence-corrected chi connectivity index (χ4v) is 2.79. The molecular weight excluding hydrogens is 292 g/mol. The summed E-state index contributed by atoms with van der Waals surface area (Å²) in [6.07, 6.45) is 4.84. The number of nitrogens with one attached hydrogen (secondary N) is 2. The zero-order valence-corrected chi connectivity index (χ0v) is 13.0. The number of aromatic carboxylic acids is 1. The third-order valence-corrected chi connectivity index (χ3v) is 3.95. The summed E-state index contributed by atoms with van der Waals surface area (Å²) in [5.74, 6) is 0.403. The van der Waals surface area contributed by atoms with Crippen molar-refractivity contribution in [2.75, 3.05) is 10.6 Å². The lowest BCUT2D eigenvalue weighted by Crippen LogP contribution is -2.17. The first-order chi connectivity index (χ1) is 11.1. The van der Waals surface area contributed by atoms with Gasteiger partial charge in [-0.15, -0.1) is 0 Å². The van der Waals surface area contributed by atoms with E-state index in [0.29, 0.717) is 17.8 Å². The fraction of sp³-hybridized carbons (Fsp3) is 0.353. The molecule has 0 spiro atoms. The number of hydrogen-bond donors (Lipinski definition) is 3. The molecule has 3 N–H and O–H groups in total. The highest BCUT2D eigenvalue weighted by atomic mass is 16.4. The van der Waals surface area contributed by atoms with Crippen LogP contribution in [0.5, 0.6) is 0 Å². The average Bonchev–Trinajstić information content (AvgIpc) is 3.00. The van der Waals surface area contributed by atoms with E-state index in [2.05, 4.69) is 20.6 Å². The van der Waals surface area contributed by atoms with Crippen LogP contribution in [-0.2, 0) is 0 Å². The minimum Gasteiger partial charge on any atom is -0.478 e. The highest BCUT2D eigenvalue weighted by Crippen LogP contribution is 2.22. The van der Waals surface area contributed by atoms with Gasteiger partial charge in [0.2, 0.25) is 5.95 Å². The maximum atomic E-state index is 10.9. The first-order valence-electron chi connectivity index (χ1n) is 7.83. The van der Waals surface area contributed by atoms with E-state index < -0.39 is 5.97 Å². The van der Waals surface area contributed by atoms with E-state index >= 15 is 0 Å². The average molecular weight is 312 g/mol. The molecule has 1 fully saturated rings. The van der Waals surface area contributed by atoms with Gasteiger partial charge in [-0.2, -0.15) is 4.98 Å². The number of benzene rings is 1. The Balaban J connectivity index is 1.73. The van der Waals surface area contributed by atoms with Crippen LogP contribution in [0, 0.1) is 6.92 Å². The van der Waals surface area contributed by atoms with E-state index in [-0.39, 0.29) is 5.56 Å². The summed E-state index contributed by atoms with van der Waals surface area (Å²) in [6, 6.07) is 8.91.